The molecule has 0 radical (unpaired) electrons. The maximum absolute atomic E-state index is 6.28. The third-order valence-electron chi connectivity index (χ3n) is 5.45. The van der Waals surface area contributed by atoms with E-state index in [1.807, 2.05) is 0 Å². The van der Waals surface area contributed by atoms with E-state index >= 15 is 0 Å². The first-order valence-corrected chi connectivity index (χ1v) is 8.67. The predicted molar refractivity (Wildman–Crippen MR) is 81.2 cm³/mol. The van der Waals surface area contributed by atoms with E-state index < -0.39 is 0 Å². The Morgan fingerprint density at radius 3 is 2.37 bits per heavy atom. The molecule has 2 heteroatoms. The largest absolute Gasteiger partial charge is 0.378 e. The third kappa shape index (κ3) is 3.72. The summed E-state index contributed by atoms with van der Waals surface area (Å²) in [4.78, 5) is 0. The van der Waals surface area contributed by atoms with Crippen molar-refractivity contribution in [3.05, 3.63) is 0 Å². The van der Waals surface area contributed by atoms with E-state index in [0.717, 1.165) is 13.0 Å². The Morgan fingerprint density at radius 2 is 1.68 bits per heavy atom. The molecule has 19 heavy (non-hydrogen) atoms. The van der Waals surface area contributed by atoms with Gasteiger partial charge in [0.1, 0.15) is 0 Å². The molecule has 2 unspecified atom stereocenters. The summed E-state index contributed by atoms with van der Waals surface area (Å²) in [5, 5.41) is 0. The van der Waals surface area contributed by atoms with Crippen LogP contribution < -0.4 is 5.73 Å². The molecular weight excluding hydrogens is 234 g/mol. The highest BCUT2D eigenvalue weighted by atomic mass is 16.5. The zero-order valence-electron chi connectivity index (χ0n) is 12.8. The third-order valence-corrected chi connectivity index (χ3v) is 5.45. The number of ether oxygens (including phenoxy) is 1. The average Bonchev–Trinajstić information content (AvgIpc) is 2.46. The van der Waals surface area contributed by atoms with Crippen LogP contribution in [0.15, 0.2) is 0 Å². The highest BCUT2D eigenvalue weighted by molar-refractivity contribution is 5.07. The van der Waals surface area contributed by atoms with Crippen molar-refractivity contribution >= 4 is 0 Å². The molecule has 0 aliphatic heterocycles. The molecule has 0 amide bonds. The molecule has 2 aliphatic rings. The molecule has 2 rings (SSSR count). The number of hydrogen-bond acceptors (Lipinski definition) is 2. The Labute approximate surface area is 119 Å². The van der Waals surface area contributed by atoms with Crippen molar-refractivity contribution in [2.24, 2.45) is 11.1 Å². The van der Waals surface area contributed by atoms with Gasteiger partial charge in [0.15, 0.2) is 0 Å². The standard InChI is InChI=1S/C17H33NO/c1-2-3-4-5-6-10-13-19-16-14-15(18)17(16)11-8-7-9-12-17/h15-16H,2-14,18H2,1H3. The zero-order valence-corrected chi connectivity index (χ0v) is 12.8. The Balaban J connectivity index is 1.58. The molecule has 2 nitrogen and oxygen atoms in total. The van der Waals surface area contributed by atoms with E-state index in [1.54, 1.807) is 0 Å². The normalized spacial score (nSPS) is 29.4. The molecule has 2 saturated carbocycles. The fourth-order valence-corrected chi connectivity index (χ4v) is 4.02. The quantitative estimate of drug-likeness (QED) is 0.661. The minimum Gasteiger partial charge on any atom is -0.378 e. The maximum Gasteiger partial charge on any atom is 0.0661 e. The maximum atomic E-state index is 6.28. The van der Waals surface area contributed by atoms with Gasteiger partial charge in [0.25, 0.3) is 0 Å². The van der Waals surface area contributed by atoms with Crippen molar-refractivity contribution in [2.75, 3.05) is 6.61 Å². The second-order valence-corrected chi connectivity index (χ2v) is 6.76. The van der Waals surface area contributed by atoms with Crippen molar-refractivity contribution in [3.63, 3.8) is 0 Å². The summed E-state index contributed by atoms with van der Waals surface area (Å²) < 4.78 is 6.17. The number of nitrogens with two attached hydrogens (primary N) is 1. The van der Waals surface area contributed by atoms with Gasteiger partial charge < -0.3 is 10.5 Å². The summed E-state index contributed by atoms with van der Waals surface area (Å²) >= 11 is 0. The first-order chi connectivity index (χ1) is 9.29. The summed E-state index contributed by atoms with van der Waals surface area (Å²) in [6.45, 7) is 3.23. The van der Waals surface area contributed by atoms with Crippen LogP contribution in [0.25, 0.3) is 0 Å². The Hall–Kier alpha value is -0.0800. The van der Waals surface area contributed by atoms with Crippen LogP contribution in [0.2, 0.25) is 0 Å². The molecular formula is C17H33NO. The van der Waals surface area contributed by atoms with Gasteiger partial charge >= 0.3 is 0 Å². The molecule has 112 valence electrons. The van der Waals surface area contributed by atoms with Crippen molar-refractivity contribution in [1.29, 1.82) is 0 Å². The monoisotopic (exact) mass is 267 g/mol. The van der Waals surface area contributed by atoms with Crippen molar-refractivity contribution in [1.82, 2.24) is 0 Å². The molecule has 2 fully saturated rings. The van der Waals surface area contributed by atoms with Crippen molar-refractivity contribution in [3.8, 4) is 0 Å². The van der Waals surface area contributed by atoms with Gasteiger partial charge in [-0.2, -0.15) is 0 Å². The van der Waals surface area contributed by atoms with Gasteiger partial charge in [-0.3, -0.25) is 0 Å². The molecule has 0 bridgehead atoms. The second kappa shape index (κ2) is 7.64. The van der Waals surface area contributed by atoms with E-state index in [9.17, 15) is 0 Å². The summed E-state index contributed by atoms with van der Waals surface area (Å²) in [5.41, 5.74) is 6.66. The summed E-state index contributed by atoms with van der Waals surface area (Å²) in [6.07, 6.45) is 16.4. The smallest absolute Gasteiger partial charge is 0.0661 e. The SMILES string of the molecule is CCCCCCCCOC1CC(N)C12CCCCC2. The average molecular weight is 267 g/mol. The molecule has 2 N–H and O–H groups in total. The second-order valence-electron chi connectivity index (χ2n) is 6.76. The highest BCUT2D eigenvalue weighted by Crippen LogP contribution is 2.52. The van der Waals surface area contributed by atoms with Crippen LogP contribution >= 0.6 is 0 Å². The lowest BCUT2D eigenvalue weighted by molar-refractivity contribution is -0.143. The minimum absolute atomic E-state index is 0.375. The number of rotatable bonds is 8. The van der Waals surface area contributed by atoms with Gasteiger partial charge in [0.05, 0.1) is 6.10 Å². The lowest BCUT2D eigenvalue weighted by Crippen LogP contribution is -2.62. The molecule has 0 aromatic carbocycles. The van der Waals surface area contributed by atoms with E-state index in [2.05, 4.69) is 6.92 Å². The van der Waals surface area contributed by atoms with Crippen molar-refractivity contribution in [2.45, 2.75) is 96.1 Å². The van der Waals surface area contributed by atoms with Crippen molar-refractivity contribution < 1.29 is 4.74 Å². The van der Waals surface area contributed by atoms with Crippen LogP contribution in [0.4, 0.5) is 0 Å². The van der Waals surface area contributed by atoms with E-state index in [0.29, 0.717) is 17.6 Å². The zero-order chi connectivity index (χ0) is 13.6. The summed E-state index contributed by atoms with van der Waals surface area (Å²) in [5.74, 6) is 0. The molecule has 0 aromatic rings. The Morgan fingerprint density at radius 1 is 1.00 bits per heavy atom. The highest BCUT2D eigenvalue weighted by Gasteiger charge is 2.53. The molecule has 0 aromatic heterocycles. The fourth-order valence-electron chi connectivity index (χ4n) is 4.02. The lowest BCUT2D eigenvalue weighted by atomic mass is 9.55. The molecule has 1 spiro atoms. The van der Waals surface area contributed by atoms with Crippen LogP contribution in [0.5, 0.6) is 0 Å². The molecule has 0 saturated heterocycles. The molecule has 2 atom stereocenters. The molecule has 0 heterocycles. The summed E-state index contributed by atoms with van der Waals surface area (Å²) in [6, 6.07) is 0.419. The molecule has 2 aliphatic carbocycles. The topological polar surface area (TPSA) is 35.2 Å². The van der Waals surface area contributed by atoms with E-state index in [1.165, 1.54) is 70.6 Å². The summed E-state index contributed by atoms with van der Waals surface area (Å²) in [7, 11) is 0. The number of unbranched alkanes of at least 4 members (excludes halogenated alkanes) is 5. The first-order valence-electron chi connectivity index (χ1n) is 8.67. The van der Waals surface area contributed by atoms with Gasteiger partial charge in [-0.15, -0.1) is 0 Å². The van der Waals surface area contributed by atoms with Gasteiger partial charge in [-0.25, -0.2) is 0 Å². The Kier molecular flexibility index (Phi) is 6.15. The van der Waals surface area contributed by atoms with Gasteiger partial charge in [-0.1, -0.05) is 58.3 Å². The van der Waals surface area contributed by atoms with Crippen LogP contribution in [-0.2, 0) is 4.74 Å². The fraction of sp³-hybridized carbons (Fsp3) is 1.00. The minimum atomic E-state index is 0.375. The van der Waals surface area contributed by atoms with Crippen LogP contribution in [-0.4, -0.2) is 18.8 Å². The van der Waals surface area contributed by atoms with E-state index in [4.69, 9.17) is 10.5 Å². The van der Waals surface area contributed by atoms with Crippen LogP contribution in [0, 0.1) is 5.41 Å². The first kappa shape index (κ1) is 15.3. The van der Waals surface area contributed by atoms with Gasteiger partial charge in [0.2, 0.25) is 0 Å². The van der Waals surface area contributed by atoms with Crippen LogP contribution in [0.1, 0.15) is 84.0 Å². The van der Waals surface area contributed by atoms with Gasteiger partial charge in [0, 0.05) is 18.1 Å². The van der Waals surface area contributed by atoms with Gasteiger partial charge in [-0.05, 0) is 25.7 Å². The number of hydrogen-bond donors (Lipinski definition) is 1. The van der Waals surface area contributed by atoms with Crippen LogP contribution in [0.3, 0.4) is 0 Å². The Bertz CT molecular complexity index is 248. The van der Waals surface area contributed by atoms with E-state index in [-0.39, 0.29) is 0 Å². The lowest BCUT2D eigenvalue weighted by Gasteiger charge is -2.56. The predicted octanol–water partition coefficient (Wildman–Crippen LogP) is 4.41.